The van der Waals surface area contributed by atoms with Crippen LogP contribution >= 0.6 is 37.2 Å². The highest BCUT2D eigenvalue weighted by molar-refractivity contribution is 5.86. The largest absolute Gasteiger partial charge is 0.367 e. The van der Waals surface area contributed by atoms with E-state index in [1.807, 2.05) is 6.33 Å². The Bertz CT molecular complexity index is 1080. The fourth-order valence-corrected chi connectivity index (χ4v) is 5.10. The molecule has 8 nitrogen and oxygen atoms in total. The molecule has 206 valence electrons. The number of aromatic nitrogens is 4. The lowest BCUT2D eigenvalue weighted by Gasteiger charge is -2.27. The number of rotatable bonds is 9. The Morgan fingerprint density at radius 2 is 1.62 bits per heavy atom. The van der Waals surface area contributed by atoms with Crippen LogP contribution in [-0.2, 0) is 6.54 Å². The molecular formula is C25H38Cl3FN8. The van der Waals surface area contributed by atoms with Crippen molar-refractivity contribution in [1.29, 1.82) is 0 Å². The average molecular weight is 576 g/mol. The molecule has 2 saturated carbocycles. The number of halogens is 4. The SMILES string of the molecule is Cl.Cl.Cl.NC1CCC(Nc2nc(NCCNCc3ccc(F)cc3)c3ncn(C4CCCC4)c3n2)CC1. The second kappa shape index (κ2) is 14.9. The normalized spacial score (nSPS) is 19.5. The second-order valence-corrected chi connectivity index (χ2v) is 9.64. The van der Waals surface area contributed by atoms with Gasteiger partial charge in [0.15, 0.2) is 17.0 Å². The van der Waals surface area contributed by atoms with Crippen LogP contribution in [0.5, 0.6) is 0 Å². The molecule has 0 saturated heterocycles. The highest BCUT2D eigenvalue weighted by Crippen LogP contribution is 2.33. The number of hydrogen-bond donors (Lipinski definition) is 4. The molecule has 2 aromatic heterocycles. The molecule has 2 heterocycles. The minimum Gasteiger partial charge on any atom is -0.367 e. The summed E-state index contributed by atoms with van der Waals surface area (Å²) in [6, 6.07) is 7.70. The number of imidazole rings is 1. The van der Waals surface area contributed by atoms with Gasteiger partial charge in [-0.15, -0.1) is 37.2 Å². The maximum atomic E-state index is 13.1. The van der Waals surface area contributed by atoms with Crippen molar-refractivity contribution in [3.63, 3.8) is 0 Å². The van der Waals surface area contributed by atoms with Crippen LogP contribution < -0.4 is 21.7 Å². The molecule has 2 aliphatic carbocycles. The number of nitrogens with two attached hydrogens (primary N) is 1. The molecular weight excluding hydrogens is 538 g/mol. The van der Waals surface area contributed by atoms with Gasteiger partial charge in [-0.05, 0) is 56.2 Å². The predicted octanol–water partition coefficient (Wildman–Crippen LogP) is 5.23. The summed E-state index contributed by atoms with van der Waals surface area (Å²) in [6.07, 6.45) is 10.9. The lowest BCUT2D eigenvalue weighted by atomic mass is 9.92. The van der Waals surface area contributed by atoms with E-state index >= 15 is 0 Å². The average Bonchev–Trinajstić information content (AvgIpc) is 3.51. The van der Waals surface area contributed by atoms with E-state index in [9.17, 15) is 4.39 Å². The molecule has 0 unspecified atom stereocenters. The standard InChI is InChI=1S/C25H35FN8.3ClH/c26-18-7-5-17(6-8-18)15-28-13-14-29-23-22-24(34(16-30-22)21-3-1-2-4-21)33-25(32-23)31-20-11-9-19(27)10-12-20;;;/h5-8,16,19-21,28H,1-4,9-15,27H2,(H2,29,31,32,33);3*1H. The molecule has 0 aliphatic heterocycles. The summed E-state index contributed by atoms with van der Waals surface area (Å²) in [7, 11) is 0. The van der Waals surface area contributed by atoms with E-state index in [0.29, 0.717) is 37.2 Å². The Kier molecular flexibility index (Phi) is 12.6. The van der Waals surface area contributed by atoms with Crippen molar-refractivity contribution in [3.05, 3.63) is 42.0 Å². The Hall–Kier alpha value is -1.91. The van der Waals surface area contributed by atoms with Crippen molar-refractivity contribution in [2.75, 3.05) is 23.7 Å². The van der Waals surface area contributed by atoms with Crippen molar-refractivity contribution in [1.82, 2.24) is 24.8 Å². The summed E-state index contributed by atoms with van der Waals surface area (Å²) < 4.78 is 15.3. The summed E-state index contributed by atoms with van der Waals surface area (Å²) >= 11 is 0. The number of anilines is 2. The van der Waals surface area contributed by atoms with Gasteiger partial charge >= 0.3 is 0 Å². The lowest BCUT2D eigenvalue weighted by molar-refractivity contribution is 0.410. The van der Waals surface area contributed by atoms with E-state index < -0.39 is 0 Å². The minimum atomic E-state index is -0.212. The van der Waals surface area contributed by atoms with Gasteiger partial charge in [-0.3, -0.25) is 0 Å². The third-order valence-corrected chi connectivity index (χ3v) is 7.08. The first kappa shape index (κ1) is 31.3. The van der Waals surface area contributed by atoms with Crippen LogP contribution in [0.3, 0.4) is 0 Å². The van der Waals surface area contributed by atoms with Gasteiger partial charge in [0.2, 0.25) is 5.95 Å². The van der Waals surface area contributed by atoms with Gasteiger partial charge in [-0.25, -0.2) is 9.37 Å². The van der Waals surface area contributed by atoms with E-state index in [0.717, 1.165) is 54.8 Å². The third kappa shape index (κ3) is 8.04. The molecule has 0 atom stereocenters. The molecule has 2 aliphatic rings. The molecule has 3 aromatic rings. The Labute approximate surface area is 236 Å². The quantitative estimate of drug-likeness (QED) is 0.259. The maximum Gasteiger partial charge on any atom is 0.227 e. The van der Waals surface area contributed by atoms with Crippen LogP contribution in [0.4, 0.5) is 16.2 Å². The topological polar surface area (TPSA) is 106 Å². The number of benzene rings is 1. The monoisotopic (exact) mass is 574 g/mol. The van der Waals surface area contributed by atoms with Crippen molar-refractivity contribution in [2.45, 2.75) is 76.0 Å². The predicted molar refractivity (Wildman–Crippen MR) is 155 cm³/mol. The molecule has 2 fully saturated rings. The van der Waals surface area contributed by atoms with Crippen LogP contribution in [0.25, 0.3) is 11.2 Å². The first-order chi connectivity index (χ1) is 16.7. The van der Waals surface area contributed by atoms with Gasteiger partial charge in [0.1, 0.15) is 5.82 Å². The van der Waals surface area contributed by atoms with Gasteiger partial charge in [-0.2, -0.15) is 9.97 Å². The molecule has 37 heavy (non-hydrogen) atoms. The van der Waals surface area contributed by atoms with Gasteiger partial charge in [0, 0.05) is 37.8 Å². The summed E-state index contributed by atoms with van der Waals surface area (Å²) in [4.78, 5) is 14.4. The molecule has 0 radical (unpaired) electrons. The number of nitrogens with zero attached hydrogens (tertiary/aromatic N) is 4. The fraction of sp³-hybridized carbons (Fsp3) is 0.560. The molecule has 5 N–H and O–H groups in total. The van der Waals surface area contributed by atoms with E-state index in [1.165, 1.54) is 37.8 Å². The Balaban J connectivity index is 0.00000160. The van der Waals surface area contributed by atoms with Gasteiger partial charge < -0.3 is 26.3 Å². The zero-order valence-corrected chi connectivity index (χ0v) is 23.3. The summed E-state index contributed by atoms with van der Waals surface area (Å²) in [5.41, 5.74) is 8.86. The zero-order valence-electron chi connectivity index (χ0n) is 20.9. The lowest BCUT2D eigenvalue weighted by Crippen LogP contribution is -2.33. The molecule has 1 aromatic carbocycles. The number of hydrogen-bond acceptors (Lipinski definition) is 7. The number of nitrogens with one attached hydrogen (secondary N) is 3. The van der Waals surface area contributed by atoms with Crippen molar-refractivity contribution in [3.8, 4) is 0 Å². The van der Waals surface area contributed by atoms with Gasteiger partial charge in [0.25, 0.3) is 0 Å². The van der Waals surface area contributed by atoms with Gasteiger partial charge in [-0.1, -0.05) is 25.0 Å². The van der Waals surface area contributed by atoms with E-state index in [1.54, 1.807) is 12.1 Å². The summed E-state index contributed by atoms with van der Waals surface area (Å²) in [5, 5.41) is 10.4. The maximum absolute atomic E-state index is 13.1. The van der Waals surface area contributed by atoms with Crippen molar-refractivity contribution in [2.24, 2.45) is 5.73 Å². The molecule has 5 rings (SSSR count). The highest BCUT2D eigenvalue weighted by atomic mass is 35.5. The van der Waals surface area contributed by atoms with Crippen LogP contribution in [0.1, 0.15) is 63.0 Å². The first-order valence-electron chi connectivity index (χ1n) is 12.6. The second-order valence-electron chi connectivity index (χ2n) is 9.64. The third-order valence-electron chi connectivity index (χ3n) is 7.08. The van der Waals surface area contributed by atoms with Crippen molar-refractivity contribution >= 4 is 60.2 Å². The highest BCUT2D eigenvalue weighted by Gasteiger charge is 2.23. The zero-order chi connectivity index (χ0) is 23.3. The van der Waals surface area contributed by atoms with Crippen LogP contribution in [0, 0.1) is 5.82 Å². The smallest absolute Gasteiger partial charge is 0.227 e. The van der Waals surface area contributed by atoms with Crippen LogP contribution in [0.2, 0.25) is 0 Å². The van der Waals surface area contributed by atoms with E-state index in [2.05, 4.69) is 20.5 Å². The summed E-state index contributed by atoms with van der Waals surface area (Å²) in [5.74, 6) is 1.21. The van der Waals surface area contributed by atoms with E-state index in [4.69, 9.17) is 20.7 Å². The van der Waals surface area contributed by atoms with Gasteiger partial charge in [0.05, 0.1) is 6.33 Å². The van der Waals surface area contributed by atoms with E-state index in [-0.39, 0.29) is 43.0 Å². The minimum absolute atomic E-state index is 0. The fourth-order valence-electron chi connectivity index (χ4n) is 5.10. The number of fused-ring (bicyclic) bond motifs is 1. The molecule has 0 amide bonds. The van der Waals surface area contributed by atoms with Crippen molar-refractivity contribution < 1.29 is 4.39 Å². The Morgan fingerprint density at radius 3 is 2.32 bits per heavy atom. The molecule has 12 heteroatoms. The molecule has 0 spiro atoms. The molecule has 0 bridgehead atoms. The summed E-state index contributed by atoms with van der Waals surface area (Å²) in [6.45, 7) is 2.13. The first-order valence-corrected chi connectivity index (χ1v) is 12.6. The Morgan fingerprint density at radius 1 is 0.919 bits per heavy atom. The van der Waals surface area contributed by atoms with Crippen LogP contribution in [-0.4, -0.2) is 44.7 Å². The van der Waals surface area contributed by atoms with Crippen LogP contribution in [0.15, 0.2) is 30.6 Å².